The van der Waals surface area contributed by atoms with Crippen LogP contribution in [0.4, 0.5) is 0 Å². The van der Waals surface area contributed by atoms with Crippen LogP contribution in [0.25, 0.3) is 0 Å². The molecule has 3 rings (SSSR count). The van der Waals surface area contributed by atoms with Gasteiger partial charge in [-0.2, -0.15) is 0 Å². The molecule has 1 aromatic heterocycles. The number of carboxylic acids is 1. The highest BCUT2D eigenvalue weighted by atomic mass is 16.4. The van der Waals surface area contributed by atoms with Crippen molar-refractivity contribution in [3.05, 3.63) is 65.0 Å². The van der Waals surface area contributed by atoms with Crippen LogP contribution in [-0.4, -0.2) is 33.5 Å². The van der Waals surface area contributed by atoms with E-state index in [1.54, 1.807) is 12.4 Å². The van der Waals surface area contributed by atoms with E-state index in [9.17, 15) is 9.90 Å². The van der Waals surface area contributed by atoms with E-state index in [1.807, 2.05) is 12.1 Å². The minimum absolute atomic E-state index is 0.0415. The standard InChI is InChI=1S/C19H22N2O2/c1-13-10-14(2)12-16(11-13)18(15-5-7-20-8-6-15)21-9-3-4-17(21)19(22)23/h5-8,10-12,17-18H,3-4,9H2,1-2H3,(H,22,23). The molecule has 2 aromatic rings. The molecular formula is C19H22N2O2. The molecule has 1 N–H and O–H groups in total. The van der Waals surface area contributed by atoms with Crippen LogP contribution >= 0.6 is 0 Å². The Bertz CT molecular complexity index is 680. The van der Waals surface area contributed by atoms with Crippen molar-refractivity contribution in [1.29, 1.82) is 0 Å². The van der Waals surface area contributed by atoms with Crippen molar-refractivity contribution in [3.8, 4) is 0 Å². The van der Waals surface area contributed by atoms with E-state index in [4.69, 9.17) is 0 Å². The first-order valence-corrected chi connectivity index (χ1v) is 8.03. The number of aliphatic carboxylic acids is 1. The largest absolute Gasteiger partial charge is 0.480 e. The number of hydrogen-bond acceptors (Lipinski definition) is 3. The van der Waals surface area contributed by atoms with Gasteiger partial charge in [0.25, 0.3) is 0 Å². The monoisotopic (exact) mass is 310 g/mol. The van der Waals surface area contributed by atoms with Crippen molar-refractivity contribution in [2.75, 3.05) is 6.54 Å². The number of benzene rings is 1. The van der Waals surface area contributed by atoms with Gasteiger partial charge < -0.3 is 5.11 Å². The second kappa shape index (κ2) is 6.50. The van der Waals surface area contributed by atoms with E-state index in [1.165, 1.54) is 11.1 Å². The molecule has 4 heteroatoms. The molecule has 0 radical (unpaired) electrons. The molecule has 1 fully saturated rings. The number of likely N-dealkylation sites (tertiary alicyclic amines) is 1. The molecule has 1 aliphatic rings. The third-order valence-corrected chi connectivity index (χ3v) is 4.49. The van der Waals surface area contributed by atoms with Gasteiger partial charge in [0.15, 0.2) is 0 Å². The molecule has 4 nitrogen and oxygen atoms in total. The molecule has 0 aliphatic carbocycles. The van der Waals surface area contributed by atoms with Crippen LogP contribution in [0, 0.1) is 13.8 Å². The lowest BCUT2D eigenvalue weighted by atomic mass is 9.94. The van der Waals surface area contributed by atoms with Gasteiger partial charge in [-0.25, -0.2) is 0 Å². The fourth-order valence-electron chi connectivity index (χ4n) is 3.65. The molecule has 2 atom stereocenters. The van der Waals surface area contributed by atoms with Gasteiger partial charge in [0.1, 0.15) is 6.04 Å². The van der Waals surface area contributed by atoms with E-state index in [2.05, 4.69) is 41.9 Å². The summed E-state index contributed by atoms with van der Waals surface area (Å²) in [6, 6.07) is 9.98. The molecule has 120 valence electrons. The molecule has 1 saturated heterocycles. The molecule has 2 heterocycles. The molecule has 0 amide bonds. The minimum Gasteiger partial charge on any atom is -0.480 e. The fraction of sp³-hybridized carbons (Fsp3) is 0.368. The molecule has 1 aliphatic heterocycles. The van der Waals surface area contributed by atoms with E-state index in [-0.39, 0.29) is 6.04 Å². The fourth-order valence-corrected chi connectivity index (χ4v) is 3.65. The average Bonchev–Trinajstić information content (AvgIpc) is 2.97. The van der Waals surface area contributed by atoms with Gasteiger partial charge in [-0.15, -0.1) is 0 Å². The maximum atomic E-state index is 11.7. The van der Waals surface area contributed by atoms with Crippen LogP contribution in [0.2, 0.25) is 0 Å². The quantitative estimate of drug-likeness (QED) is 0.941. The van der Waals surface area contributed by atoms with Gasteiger partial charge in [0.2, 0.25) is 0 Å². The molecule has 23 heavy (non-hydrogen) atoms. The number of carboxylic acid groups (broad SMARTS) is 1. The van der Waals surface area contributed by atoms with Crippen molar-refractivity contribution >= 4 is 5.97 Å². The summed E-state index contributed by atoms with van der Waals surface area (Å²) in [5, 5.41) is 9.58. The number of rotatable bonds is 4. The summed E-state index contributed by atoms with van der Waals surface area (Å²) in [5.41, 5.74) is 4.65. The van der Waals surface area contributed by atoms with E-state index in [0.717, 1.165) is 24.1 Å². The zero-order valence-electron chi connectivity index (χ0n) is 13.6. The Hall–Kier alpha value is -2.20. The predicted octanol–water partition coefficient (Wildman–Crippen LogP) is 3.34. The third kappa shape index (κ3) is 3.27. The molecule has 0 saturated carbocycles. The van der Waals surface area contributed by atoms with Crippen LogP contribution in [0.15, 0.2) is 42.7 Å². The number of aromatic nitrogens is 1. The molecule has 0 bridgehead atoms. The number of nitrogens with zero attached hydrogens (tertiary/aromatic N) is 2. The van der Waals surface area contributed by atoms with Crippen molar-refractivity contribution in [1.82, 2.24) is 9.88 Å². The second-order valence-corrected chi connectivity index (χ2v) is 6.34. The second-order valence-electron chi connectivity index (χ2n) is 6.34. The summed E-state index contributed by atoms with van der Waals surface area (Å²) < 4.78 is 0. The Morgan fingerprint density at radius 3 is 2.43 bits per heavy atom. The highest BCUT2D eigenvalue weighted by molar-refractivity contribution is 5.74. The molecule has 2 unspecified atom stereocenters. The Balaban J connectivity index is 2.09. The van der Waals surface area contributed by atoms with Gasteiger partial charge in [0, 0.05) is 18.9 Å². The Morgan fingerprint density at radius 1 is 1.17 bits per heavy atom. The first-order valence-electron chi connectivity index (χ1n) is 8.03. The maximum absolute atomic E-state index is 11.7. The van der Waals surface area contributed by atoms with E-state index in [0.29, 0.717) is 6.42 Å². The van der Waals surface area contributed by atoms with Crippen molar-refractivity contribution < 1.29 is 9.90 Å². The van der Waals surface area contributed by atoms with Crippen molar-refractivity contribution in [2.24, 2.45) is 0 Å². The van der Waals surface area contributed by atoms with Crippen LogP contribution in [0.5, 0.6) is 0 Å². The number of hydrogen-bond donors (Lipinski definition) is 1. The highest BCUT2D eigenvalue weighted by Crippen LogP contribution is 2.35. The topological polar surface area (TPSA) is 53.4 Å². The minimum atomic E-state index is -0.731. The Morgan fingerprint density at radius 2 is 1.83 bits per heavy atom. The normalized spacial score (nSPS) is 19.7. The predicted molar refractivity (Wildman–Crippen MR) is 89.4 cm³/mol. The van der Waals surface area contributed by atoms with Gasteiger partial charge in [-0.3, -0.25) is 14.7 Å². The Labute approximate surface area is 136 Å². The number of pyridine rings is 1. The zero-order chi connectivity index (χ0) is 16.4. The summed E-state index contributed by atoms with van der Waals surface area (Å²) >= 11 is 0. The first kappa shape index (κ1) is 15.7. The summed E-state index contributed by atoms with van der Waals surface area (Å²) in [4.78, 5) is 17.9. The van der Waals surface area contributed by atoms with Gasteiger partial charge in [-0.05, 0) is 49.9 Å². The third-order valence-electron chi connectivity index (χ3n) is 4.49. The number of carbonyl (C=O) groups is 1. The van der Waals surface area contributed by atoms with Crippen molar-refractivity contribution in [3.63, 3.8) is 0 Å². The maximum Gasteiger partial charge on any atom is 0.320 e. The Kier molecular flexibility index (Phi) is 4.44. The summed E-state index contributed by atoms with van der Waals surface area (Å²) in [5.74, 6) is -0.731. The lowest BCUT2D eigenvalue weighted by molar-refractivity contribution is -0.142. The smallest absolute Gasteiger partial charge is 0.320 e. The molecule has 1 aromatic carbocycles. The highest BCUT2D eigenvalue weighted by Gasteiger charge is 2.36. The SMILES string of the molecule is Cc1cc(C)cc(C(c2ccncc2)N2CCCC2C(=O)O)c1. The summed E-state index contributed by atoms with van der Waals surface area (Å²) in [6.45, 7) is 4.97. The van der Waals surface area contributed by atoms with Gasteiger partial charge in [-0.1, -0.05) is 29.3 Å². The first-order chi connectivity index (χ1) is 11.1. The van der Waals surface area contributed by atoms with Crippen LogP contribution in [0.1, 0.15) is 41.1 Å². The average molecular weight is 310 g/mol. The van der Waals surface area contributed by atoms with E-state index < -0.39 is 12.0 Å². The lowest BCUT2D eigenvalue weighted by Gasteiger charge is -2.32. The molecular weight excluding hydrogens is 288 g/mol. The number of aryl methyl sites for hydroxylation is 2. The van der Waals surface area contributed by atoms with Crippen LogP contribution in [0.3, 0.4) is 0 Å². The lowest BCUT2D eigenvalue weighted by Crippen LogP contribution is -2.39. The van der Waals surface area contributed by atoms with Gasteiger partial charge in [0.05, 0.1) is 6.04 Å². The molecule has 0 spiro atoms. The van der Waals surface area contributed by atoms with Crippen LogP contribution in [-0.2, 0) is 4.79 Å². The van der Waals surface area contributed by atoms with Gasteiger partial charge >= 0.3 is 5.97 Å². The van der Waals surface area contributed by atoms with E-state index >= 15 is 0 Å². The summed E-state index contributed by atoms with van der Waals surface area (Å²) in [6.07, 6.45) is 5.18. The van der Waals surface area contributed by atoms with Crippen molar-refractivity contribution in [2.45, 2.75) is 38.8 Å². The zero-order valence-corrected chi connectivity index (χ0v) is 13.6. The van der Waals surface area contributed by atoms with Crippen LogP contribution < -0.4 is 0 Å². The summed E-state index contributed by atoms with van der Waals surface area (Å²) in [7, 11) is 0.